The van der Waals surface area contributed by atoms with Gasteiger partial charge in [0.25, 0.3) is 0 Å². The number of nitrogen functional groups attached to an aromatic ring is 1. The summed E-state index contributed by atoms with van der Waals surface area (Å²) in [5, 5.41) is 12.4. The van der Waals surface area contributed by atoms with Gasteiger partial charge in [-0.3, -0.25) is 15.2 Å². The van der Waals surface area contributed by atoms with Crippen LogP contribution < -0.4 is 16.0 Å². The summed E-state index contributed by atoms with van der Waals surface area (Å²) in [4.78, 5) is 29.4. The van der Waals surface area contributed by atoms with E-state index in [-0.39, 0.29) is 0 Å². The number of nitrogens with one attached hydrogen (secondary N) is 1. The summed E-state index contributed by atoms with van der Waals surface area (Å²) in [6, 6.07) is 7.09. The Hall–Kier alpha value is -3.29. The Morgan fingerprint density at radius 2 is 1.77 bits per heavy atom. The Balaban J connectivity index is 2.21. The lowest BCUT2D eigenvalue weighted by Crippen LogP contribution is -2.45. The van der Waals surface area contributed by atoms with E-state index >= 15 is 0 Å². The zero-order chi connectivity index (χ0) is 23.4. The molecule has 1 heterocycles. The third kappa shape index (κ3) is 7.16. The molecule has 0 spiro atoms. The van der Waals surface area contributed by atoms with Crippen molar-refractivity contribution < 1.29 is 19.4 Å². The normalized spacial score (nSPS) is 11.7. The van der Waals surface area contributed by atoms with Crippen molar-refractivity contribution in [2.75, 3.05) is 16.0 Å². The number of amides is 2. The molecule has 8 heteroatoms. The first-order valence-corrected chi connectivity index (χ1v) is 10.1. The van der Waals surface area contributed by atoms with Gasteiger partial charge in [0.05, 0.1) is 11.9 Å². The number of anilines is 3. The minimum atomic E-state index is -1.04. The molecule has 0 radical (unpaired) electrons. The number of carbonyl (C=O) groups excluding carboxylic acids is 1. The maximum atomic E-state index is 12.2. The Morgan fingerprint density at radius 1 is 1.10 bits per heavy atom. The summed E-state index contributed by atoms with van der Waals surface area (Å²) >= 11 is 0. The molecule has 0 bridgehead atoms. The van der Waals surface area contributed by atoms with Crippen molar-refractivity contribution in [3.8, 4) is 0 Å². The molecule has 2 rings (SSSR count). The summed E-state index contributed by atoms with van der Waals surface area (Å²) in [6.45, 7) is 10.9. The maximum Gasteiger partial charge on any atom is 0.412 e. The minimum Gasteiger partial charge on any atom is -0.465 e. The highest BCUT2D eigenvalue weighted by molar-refractivity contribution is 5.87. The minimum absolute atomic E-state index is 0.511. The van der Waals surface area contributed by atoms with Crippen molar-refractivity contribution in [1.82, 2.24) is 4.98 Å². The van der Waals surface area contributed by atoms with Crippen molar-refractivity contribution in [2.45, 2.75) is 65.5 Å². The fourth-order valence-corrected chi connectivity index (χ4v) is 3.15. The molecule has 1 aromatic heterocycles. The average molecular weight is 429 g/mol. The Kier molecular flexibility index (Phi) is 7.15. The van der Waals surface area contributed by atoms with Crippen molar-refractivity contribution in [3.05, 3.63) is 47.8 Å². The molecule has 0 atom stereocenters. The van der Waals surface area contributed by atoms with E-state index in [4.69, 9.17) is 10.5 Å². The molecule has 31 heavy (non-hydrogen) atoms. The predicted molar refractivity (Wildman–Crippen MR) is 123 cm³/mol. The molecule has 0 aliphatic rings. The van der Waals surface area contributed by atoms with Crippen LogP contribution in [0.3, 0.4) is 0 Å². The monoisotopic (exact) mass is 428 g/mol. The van der Waals surface area contributed by atoms with Gasteiger partial charge in [-0.2, -0.15) is 0 Å². The summed E-state index contributed by atoms with van der Waals surface area (Å²) in [6.07, 6.45) is 2.84. The topological polar surface area (TPSA) is 118 Å². The molecule has 168 valence electrons. The molecule has 2 aromatic rings. The van der Waals surface area contributed by atoms with Gasteiger partial charge in [0.15, 0.2) is 0 Å². The number of carbonyl (C=O) groups is 2. The second-order valence-corrected chi connectivity index (χ2v) is 9.38. The molecular formula is C23H32N4O4. The summed E-state index contributed by atoms with van der Waals surface area (Å²) < 4.78 is 5.33. The van der Waals surface area contributed by atoms with Crippen molar-refractivity contribution in [2.24, 2.45) is 0 Å². The third-order valence-electron chi connectivity index (χ3n) is 4.35. The van der Waals surface area contributed by atoms with E-state index in [0.717, 1.165) is 11.1 Å². The van der Waals surface area contributed by atoms with Crippen LogP contribution in [0.5, 0.6) is 0 Å². The molecule has 0 aliphatic carbocycles. The van der Waals surface area contributed by atoms with Crippen LogP contribution in [0.1, 0.15) is 52.7 Å². The molecule has 0 saturated carbocycles. The first-order valence-electron chi connectivity index (χ1n) is 10.1. The van der Waals surface area contributed by atoms with Crippen LogP contribution in [0.2, 0.25) is 0 Å². The van der Waals surface area contributed by atoms with Crippen molar-refractivity contribution >= 4 is 29.2 Å². The van der Waals surface area contributed by atoms with E-state index in [9.17, 15) is 14.7 Å². The third-order valence-corrected chi connectivity index (χ3v) is 4.35. The zero-order valence-electron chi connectivity index (χ0n) is 19.0. The van der Waals surface area contributed by atoms with Crippen LogP contribution in [-0.4, -0.2) is 33.4 Å². The number of ether oxygens (including phenoxy) is 1. The smallest absolute Gasteiger partial charge is 0.412 e. The zero-order valence-corrected chi connectivity index (χ0v) is 19.0. The van der Waals surface area contributed by atoms with Crippen molar-refractivity contribution in [3.63, 3.8) is 0 Å². The van der Waals surface area contributed by atoms with Crippen LogP contribution in [0.15, 0.2) is 36.7 Å². The number of nitrogens with two attached hydrogens (primary N) is 1. The lowest BCUT2D eigenvalue weighted by molar-refractivity contribution is 0.0635. The second-order valence-electron chi connectivity index (χ2n) is 9.38. The molecule has 0 fully saturated rings. The maximum absolute atomic E-state index is 12.2. The van der Waals surface area contributed by atoms with Crippen LogP contribution in [-0.2, 0) is 17.6 Å². The number of nitrogens with zero attached hydrogens (tertiary/aromatic N) is 2. The molecular weight excluding hydrogens is 396 g/mol. The Morgan fingerprint density at radius 3 is 2.35 bits per heavy atom. The first-order chi connectivity index (χ1) is 14.3. The van der Waals surface area contributed by atoms with E-state index in [0.29, 0.717) is 29.9 Å². The highest BCUT2D eigenvalue weighted by Gasteiger charge is 2.28. The summed E-state index contributed by atoms with van der Waals surface area (Å²) in [5.41, 5.74) is 8.17. The van der Waals surface area contributed by atoms with Gasteiger partial charge in [0.2, 0.25) is 0 Å². The number of aryl methyl sites for hydroxylation is 2. The fourth-order valence-electron chi connectivity index (χ4n) is 3.15. The SMILES string of the molecule is CC(C)(C)OC(=O)Nc1ccc(N)cc1CCc1cncc(N(C(=O)O)C(C)(C)C)c1. The molecule has 2 amide bonds. The number of hydrogen-bond acceptors (Lipinski definition) is 5. The van der Waals surface area contributed by atoms with E-state index in [1.807, 2.05) is 32.9 Å². The lowest BCUT2D eigenvalue weighted by Gasteiger charge is -2.33. The number of benzene rings is 1. The van der Waals surface area contributed by atoms with Gasteiger partial charge in [-0.15, -0.1) is 0 Å². The van der Waals surface area contributed by atoms with Gasteiger partial charge in [0, 0.05) is 23.1 Å². The standard InChI is InChI=1S/C23H32N4O4/c1-22(2,3)27(21(29)30)18-11-15(13-25-14-18)7-8-16-12-17(24)9-10-19(16)26-20(28)31-23(4,5)6/h9-14H,7-8,24H2,1-6H3,(H,26,28)(H,29,30). The van der Waals surface area contributed by atoms with Crippen LogP contribution in [0.25, 0.3) is 0 Å². The quantitative estimate of drug-likeness (QED) is 0.572. The van der Waals surface area contributed by atoms with E-state index in [1.165, 1.54) is 4.90 Å². The van der Waals surface area contributed by atoms with E-state index in [2.05, 4.69) is 10.3 Å². The molecule has 0 unspecified atom stereocenters. The van der Waals surface area contributed by atoms with Crippen LogP contribution in [0, 0.1) is 0 Å². The second kappa shape index (κ2) is 9.24. The molecule has 4 N–H and O–H groups in total. The van der Waals surface area contributed by atoms with Gasteiger partial charge in [-0.25, -0.2) is 9.59 Å². The molecule has 8 nitrogen and oxygen atoms in total. The van der Waals surface area contributed by atoms with Crippen molar-refractivity contribution in [1.29, 1.82) is 0 Å². The number of pyridine rings is 1. The van der Waals surface area contributed by atoms with Gasteiger partial charge in [0.1, 0.15) is 5.60 Å². The van der Waals surface area contributed by atoms with Gasteiger partial charge >= 0.3 is 12.2 Å². The van der Waals surface area contributed by atoms with E-state index in [1.54, 1.807) is 45.3 Å². The summed E-state index contributed by atoms with van der Waals surface area (Å²) in [7, 11) is 0. The largest absolute Gasteiger partial charge is 0.465 e. The first kappa shape index (κ1) is 24.0. The van der Waals surface area contributed by atoms with Gasteiger partial charge in [-0.1, -0.05) is 0 Å². The fraction of sp³-hybridized carbons (Fsp3) is 0.435. The average Bonchev–Trinajstić information content (AvgIpc) is 2.59. The van der Waals surface area contributed by atoms with Gasteiger partial charge in [-0.05, 0) is 89.8 Å². The Bertz CT molecular complexity index is 945. The highest BCUT2D eigenvalue weighted by atomic mass is 16.6. The molecule has 0 aliphatic heterocycles. The van der Waals surface area contributed by atoms with Gasteiger partial charge < -0.3 is 15.6 Å². The predicted octanol–water partition coefficient (Wildman–Crippen LogP) is 5.08. The highest BCUT2D eigenvalue weighted by Crippen LogP contribution is 2.26. The lowest BCUT2D eigenvalue weighted by atomic mass is 10.0. The number of rotatable bonds is 5. The number of aromatic nitrogens is 1. The number of hydrogen-bond donors (Lipinski definition) is 3. The summed E-state index contributed by atoms with van der Waals surface area (Å²) in [5.74, 6) is 0. The Labute approximate surface area is 183 Å². The van der Waals surface area contributed by atoms with E-state index < -0.39 is 23.3 Å². The van der Waals surface area contributed by atoms with Crippen LogP contribution in [0.4, 0.5) is 26.7 Å². The van der Waals surface area contributed by atoms with Crippen LogP contribution >= 0.6 is 0 Å². The number of carboxylic acid groups (broad SMARTS) is 1. The molecule has 0 saturated heterocycles. The molecule has 1 aromatic carbocycles.